The Morgan fingerprint density at radius 3 is 3.00 bits per heavy atom. The molecule has 74 valence electrons. The summed E-state index contributed by atoms with van der Waals surface area (Å²) in [5.41, 5.74) is 2.87. The average Bonchev–Trinajstić information content (AvgIpc) is 2.66. The van der Waals surface area contributed by atoms with Gasteiger partial charge in [0.15, 0.2) is 0 Å². The van der Waals surface area contributed by atoms with E-state index >= 15 is 0 Å². The van der Waals surface area contributed by atoms with E-state index < -0.39 is 0 Å². The molecule has 1 aromatic rings. The molecule has 2 unspecified atom stereocenters. The Bertz CT molecular complexity index is 226. The summed E-state index contributed by atoms with van der Waals surface area (Å²) in [6, 6.07) is 0.229. The Morgan fingerprint density at radius 1 is 1.69 bits per heavy atom. The van der Waals surface area contributed by atoms with Crippen LogP contribution < -0.4 is 5.32 Å². The largest absolute Gasteiger partial charge is 0.392 e. The first-order valence-electron chi connectivity index (χ1n) is 4.53. The summed E-state index contributed by atoms with van der Waals surface area (Å²) in [5, 5.41) is 14.6. The first-order valence-corrected chi connectivity index (χ1v) is 5.47. The van der Waals surface area contributed by atoms with Crippen molar-refractivity contribution in [3.05, 3.63) is 16.6 Å². The fraction of sp³-hybridized carbons (Fsp3) is 0.667. The second-order valence-electron chi connectivity index (χ2n) is 3.11. The lowest BCUT2D eigenvalue weighted by Gasteiger charge is -2.14. The molecule has 3 nitrogen and oxygen atoms in total. The van der Waals surface area contributed by atoms with Crippen LogP contribution in [0.3, 0.4) is 0 Å². The first-order chi connectivity index (χ1) is 6.24. The second kappa shape index (κ2) is 5.32. The van der Waals surface area contributed by atoms with Gasteiger partial charge in [0, 0.05) is 18.0 Å². The van der Waals surface area contributed by atoms with Gasteiger partial charge in [-0.1, -0.05) is 6.92 Å². The van der Waals surface area contributed by atoms with Crippen LogP contribution in [0.4, 0.5) is 0 Å². The normalized spacial score (nSPS) is 15.6. The van der Waals surface area contributed by atoms with Crippen LogP contribution in [0.5, 0.6) is 0 Å². The molecule has 13 heavy (non-hydrogen) atoms. The van der Waals surface area contributed by atoms with Crippen LogP contribution in [0.15, 0.2) is 10.9 Å². The van der Waals surface area contributed by atoms with Gasteiger partial charge in [-0.05, 0) is 13.3 Å². The molecule has 0 spiro atoms. The molecule has 0 bridgehead atoms. The molecule has 0 fully saturated rings. The van der Waals surface area contributed by atoms with Crippen molar-refractivity contribution in [2.24, 2.45) is 0 Å². The molecule has 0 saturated heterocycles. The molecule has 4 heteroatoms. The van der Waals surface area contributed by atoms with Crippen molar-refractivity contribution in [3.63, 3.8) is 0 Å². The van der Waals surface area contributed by atoms with Crippen LogP contribution in [-0.2, 0) is 0 Å². The highest BCUT2D eigenvalue weighted by Gasteiger charge is 2.08. The number of aliphatic hydroxyl groups is 1. The summed E-state index contributed by atoms with van der Waals surface area (Å²) >= 11 is 1.59. The van der Waals surface area contributed by atoms with Crippen molar-refractivity contribution in [1.29, 1.82) is 0 Å². The molecule has 1 rings (SSSR count). The molecule has 1 aromatic heterocycles. The molecule has 0 radical (unpaired) electrons. The van der Waals surface area contributed by atoms with E-state index in [0.717, 1.165) is 12.1 Å². The van der Waals surface area contributed by atoms with Crippen molar-refractivity contribution in [2.45, 2.75) is 32.4 Å². The highest BCUT2D eigenvalue weighted by molar-refractivity contribution is 7.07. The number of aliphatic hydroxyl groups excluding tert-OH is 1. The zero-order chi connectivity index (χ0) is 9.68. The Balaban J connectivity index is 2.30. The van der Waals surface area contributed by atoms with Gasteiger partial charge in [-0.25, -0.2) is 4.98 Å². The van der Waals surface area contributed by atoms with Crippen molar-refractivity contribution < 1.29 is 5.11 Å². The van der Waals surface area contributed by atoms with Crippen molar-refractivity contribution in [1.82, 2.24) is 10.3 Å². The third-order valence-corrected chi connectivity index (χ3v) is 2.63. The third kappa shape index (κ3) is 3.42. The molecule has 0 aliphatic rings. The van der Waals surface area contributed by atoms with Crippen LogP contribution in [-0.4, -0.2) is 22.7 Å². The zero-order valence-corrected chi connectivity index (χ0v) is 8.84. The van der Waals surface area contributed by atoms with E-state index in [4.69, 9.17) is 0 Å². The Hall–Kier alpha value is -0.450. The molecule has 0 aliphatic heterocycles. The lowest BCUT2D eigenvalue weighted by Crippen LogP contribution is -2.28. The van der Waals surface area contributed by atoms with Gasteiger partial charge in [0.2, 0.25) is 0 Å². The van der Waals surface area contributed by atoms with Crippen LogP contribution in [0.2, 0.25) is 0 Å². The number of hydrogen-bond donors (Lipinski definition) is 2. The van der Waals surface area contributed by atoms with Gasteiger partial charge in [-0.3, -0.25) is 0 Å². The summed E-state index contributed by atoms with van der Waals surface area (Å²) in [6.07, 6.45) is 0.539. The van der Waals surface area contributed by atoms with Gasteiger partial charge in [0.25, 0.3) is 0 Å². The number of nitrogens with one attached hydrogen (secondary N) is 1. The molecule has 0 saturated carbocycles. The van der Waals surface area contributed by atoms with Gasteiger partial charge in [0.1, 0.15) is 0 Å². The van der Waals surface area contributed by atoms with Crippen molar-refractivity contribution >= 4 is 11.3 Å². The molecule has 0 aromatic carbocycles. The monoisotopic (exact) mass is 200 g/mol. The van der Waals surface area contributed by atoms with E-state index in [9.17, 15) is 5.11 Å². The third-order valence-electron chi connectivity index (χ3n) is 2.03. The fourth-order valence-electron chi connectivity index (χ4n) is 0.997. The van der Waals surface area contributed by atoms with Crippen LogP contribution >= 0.6 is 11.3 Å². The highest BCUT2D eigenvalue weighted by atomic mass is 32.1. The summed E-state index contributed by atoms with van der Waals surface area (Å²) in [7, 11) is 0. The number of thiazole rings is 1. The molecule has 2 atom stereocenters. The fourth-order valence-corrected chi connectivity index (χ4v) is 1.65. The molecule has 0 aliphatic carbocycles. The Labute approximate surface area is 82.8 Å². The second-order valence-corrected chi connectivity index (χ2v) is 3.82. The van der Waals surface area contributed by atoms with Gasteiger partial charge in [-0.15, -0.1) is 11.3 Å². The minimum absolute atomic E-state index is 0.229. The Kier molecular flexibility index (Phi) is 4.35. The predicted molar refractivity (Wildman–Crippen MR) is 54.8 cm³/mol. The van der Waals surface area contributed by atoms with E-state index in [1.54, 1.807) is 11.3 Å². The quantitative estimate of drug-likeness (QED) is 0.758. The number of rotatable bonds is 5. The van der Waals surface area contributed by atoms with Gasteiger partial charge in [0.05, 0.1) is 17.3 Å². The summed E-state index contributed by atoms with van der Waals surface area (Å²) in [5.74, 6) is 0. The van der Waals surface area contributed by atoms with Crippen molar-refractivity contribution in [3.8, 4) is 0 Å². The smallest absolute Gasteiger partial charge is 0.0795 e. The average molecular weight is 200 g/mol. The maximum atomic E-state index is 9.32. The predicted octanol–water partition coefficient (Wildman–Crippen LogP) is 1.56. The first kappa shape index (κ1) is 10.6. The van der Waals surface area contributed by atoms with Gasteiger partial charge >= 0.3 is 0 Å². The summed E-state index contributed by atoms with van der Waals surface area (Å²) in [6.45, 7) is 4.66. The van der Waals surface area contributed by atoms with E-state index in [2.05, 4.69) is 17.2 Å². The van der Waals surface area contributed by atoms with E-state index in [0.29, 0.717) is 6.54 Å². The minimum atomic E-state index is -0.249. The number of nitrogens with zero attached hydrogens (tertiary/aromatic N) is 1. The van der Waals surface area contributed by atoms with Gasteiger partial charge < -0.3 is 10.4 Å². The SMILES string of the molecule is CCC(O)CNC(C)c1cscn1. The van der Waals surface area contributed by atoms with Gasteiger partial charge in [-0.2, -0.15) is 0 Å². The molecule has 1 heterocycles. The lowest BCUT2D eigenvalue weighted by molar-refractivity contribution is 0.163. The van der Waals surface area contributed by atoms with E-state index in [1.807, 2.05) is 17.8 Å². The minimum Gasteiger partial charge on any atom is -0.392 e. The van der Waals surface area contributed by atoms with Crippen LogP contribution in [0.1, 0.15) is 32.0 Å². The standard InChI is InChI=1S/C9H16N2OS/c1-3-8(12)4-10-7(2)9-5-13-6-11-9/h5-8,10,12H,3-4H2,1-2H3. The van der Waals surface area contributed by atoms with Crippen molar-refractivity contribution in [2.75, 3.05) is 6.54 Å². The number of hydrogen-bond acceptors (Lipinski definition) is 4. The molecular weight excluding hydrogens is 184 g/mol. The van der Waals surface area contributed by atoms with Crippen LogP contribution in [0.25, 0.3) is 0 Å². The van der Waals surface area contributed by atoms with Crippen LogP contribution in [0, 0.1) is 0 Å². The maximum absolute atomic E-state index is 9.32. The molecule has 2 N–H and O–H groups in total. The Morgan fingerprint density at radius 2 is 2.46 bits per heavy atom. The molecule has 0 amide bonds. The maximum Gasteiger partial charge on any atom is 0.0795 e. The van der Waals surface area contributed by atoms with E-state index in [-0.39, 0.29) is 12.1 Å². The van der Waals surface area contributed by atoms with E-state index in [1.165, 1.54) is 0 Å². The summed E-state index contributed by atoms with van der Waals surface area (Å²) < 4.78 is 0. The zero-order valence-electron chi connectivity index (χ0n) is 8.03. The number of aromatic nitrogens is 1. The highest BCUT2D eigenvalue weighted by Crippen LogP contribution is 2.11. The lowest BCUT2D eigenvalue weighted by atomic mass is 10.2. The topological polar surface area (TPSA) is 45.1 Å². The molecular formula is C9H16N2OS. The summed E-state index contributed by atoms with van der Waals surface area (Å²) in [4.78, 5) is 4.19.